The summed E-state index contributed by atoms with van der Waals surface area (Å²) in [4.78, 5) is 10.7. The van der Waals surface area contributed by atoms with E-state index in [4.69, 9.17) is 4.74 Å². The maximum Gasteiger partial charge on any atom is 0.292 e. The van der Waals surface area contributed by atoms with Gasteiger partial charge in [0.1, 0.15) is 11.4 Å². The number of nitro groups is 1. The van der Waals surface area contributed by atoms with Crippen LogP contribution in [-0.2, 0) is 0 Å². The van der Waals surface area contributed by atoms with Crippen molar-refractivity contribution in [2.24, 2.45) is 0 Å². The van der Waals surface area contributed by atoms with Gasteiger partial charge < -0.3 is 15.4 Å². The van der Waals surface area contributed by atoms with Crippen molar-refractivity contribution < 1.29 is 9.66 Å². The molecule has 19 heavy (non-hydrogen) atoms. The first-order chi connectivity index (χ1) is 9.20. The molecule has 0 bridgehead atoms. The Hall–Kier alpha value is -1.82. The van der Waals surface area contributed by atoms with Crippen LogP contribution in [0.25, 0.3) is 0 Å². The second kappa shape index (κ2) is 6.38. The van der Waals surface area contributed by atoms with Crippen LogP contribution in [0.15, 0.2) is 18.2 Å². The van der Waals surface area contributed by atoms with Crippen molar-refractivity contribution >= 4 is 11.4 Å². The zero-order chi connectivity index (χ0) is 13.7. The van der Waals surface area contributed by atoms with Crippen LogP contribution >= 0.6 is 0 Å². The maximum atomic E-state index is 11.0. The van der Waals surface area contributed by atoms with Crippen molar-refractivity contribution in [3.8, 4) is 5.75 Å². The smallest absolute Gasteiger partial charge is 0.292 e. The molecule has 0 spiro atoms. The van der Waals surface area contributed by atoms with Gasteiger partial charge in [0, 0.05) is 18.2 Å². The molecule has 1 aliphatic rings. The summed E-state index contributed by atoms with van der Waals surface area (Å²) in [7, 11) is 1.56. The van der Waals surface area contributed by atoms with Crippen molar-refractivity contribution in [1.29, 1.82) is 0 Å². The van der Waals surface area contributed by atoms with Gasteiger partial charge in [0.25, 0.3) is 5.69 Å². The fourth-order valence-corrected chi connectivity index (χ4v) is 2.30. The predicted molar refractivity (Wildman–Crippen MR) is 73.8 cm³/mol. The van der Waals surface area contributed by atoms with Gasteiger partial charge in [-0.2, -0.15) is 0 Å². The van der Waals surface area contributed by atoms with Crippen LogP contribution in [0.3, 0.4) is 0 Å². The van der Waals surface area contributed by atoms with E-state index in [0.29, 0.717) is 11.4 Å². The average Bonchev–Trinajstić information content (AvgIpc) is 2.67. The quantitative estimate of drug-likeness (QED) is 0.644. The number of benzene rings is 1. The highest BCUT2D eigenvalue weighted by molar-refractivity contribution is 5.64. The van der Waals surface area contributed by atoms with Crippen LogP contribution < -0.4 is 15.4 Å². The zero-order valence-electron chi connectivity index (χ0n) is 11.0. The van der Waals surface area contributed by atoms with Gasteiger partial charge in [-0.15, -0.1) is 0 Å². The molecule has 1 saturated heterocycles. The molecule has 0 amide bonds. The molecule has 1 aromatic carbocycles. The molecule has 0 aliphatic carbocycles. The Kier molecular flexibility index (Phi) is 4.57. The molecular weight excluding hydrogens is 246 g/mol. The topological polar surface area (TPSA) is 76.4 Å². The van der Waals surface area contributed by atoms with Gasteiger partial charge in [-0.3, -0.25) is 10.1 Å². The van der Waals surface area contributed by atoms with Crippen molar-refractivity contribution in [3.05, 3.63) is 28.3 Å². The van der Waals surface area contributed by atoms with Gasteiger partial charge in [-0.1, -0.05) is 0 Å². The van der Waals surface area contributed by atoms with Crippen LogP contribution in [-0.4, -0.2) is 31.2 Å². The maximum absolute atomic E-state index is 11.0. The summed E-state index contributed by atoms with van der Waals surface area (Å²) in [6.07, 6.45) is 3.06. The third kappa shape index (κ3) is 3.57. The molecule has 0 aromatic heterocycles. The Morgan fingerprint density at radius 3 is 3.00 bits per heavy atom. The molecular formula is C13H19N3O3. The summed E-state index contributed by atoms with van der Waals surface area (Å²) in [5, 5.41) is 17.7. The molecule has 1 fully saturated rings. The summed E-state index contributed by atoms with van der Waals surface area (Å²) >= 11 is 0. The minimum absolute atomic E-state index is 0.0954. The number of hydrogen-bond acceptors (Lipinski definition) is 5. The lowest BCUT2D eigenvalue weighted by atomic mass is 10.1. The monoisotopic (exact) mass is 265 g/mol. The van der Waals surface area contributed by atoms with E-state index >= 15 is 0 Å². The highest BCUT2D eigenvalue weighted by Crippen LogP contribution is 2.30. The first-order valence-electron chi connectivity index (χ1n) is 6.50. The van der Waals surface area contributed by atoms with Gasteiger partial charge in [-0.05, 0) is 38.4 Å². The van der Waals surface area contributed by atoms with Gasteiger partial charge in [-0.25, -0.2) is 0 Å². The molecule has 2 rings (SSSR count). The SMILES string of the molecule is COc1ccc([N+](=O)[O-])c(NC2CCCNCC2)c1. The molecule has 1 aliphatic heterocycles. The van der Waals surface area contributed by atoms with Crippen LogP contribution in [0.5, 0.6) is 5.75 Å². The normalized spacial score (nSPS) is 19.5. The summed E-state index contributed by atoms with van der Waals surface area (Å²) in [6.45, 7) is 1.95. The Morgan fingerprint density at radius 1 is 1.42 bits per heavy atom. The fraction of sp³-hybridized carbons (Fsp3) is 0.538. The van der Waals surface area contributed by atoms with E-state index in [1.165, 1.54) is 6.07 Å². The Bertz CT molecular complexity index is 443. The molecule has 6 heteroatoms. The molecule has 2 N–H and O–H groups in total. The van der Waals surface area contributed by atoms with Crippen molar-refractivity contribution in [3.63, 3.8) is 0 Å². The lowest BCUT2D eigenvalue weighted by Gasteiger charge is -2.17. The molecule has 1 heterocycles. The molecule has 0 radical (unpaired) electrons. The number of nitro benzene ring substituents is 1. The summed E-state index contributed by atoms with van der Waals surface area (Å²) in [5.41, 5.74) is 0.634. The summed E-state index contributed by atoms with van der Waals surface area (Å²) in [6, 6.07) is 5.05. The first-order valence-corrected chi connectivity index (χ1v) is 6.50. The highest BCUT2D eigenvalue weighted by atomic mass is 16.6. The number of ether oxygens (including phenoxy) is 1. The van der Waals surface area contributed by atoms with E-state index in [1.54, 1.807) is 19.2 Å². The molecule has 6 nitrogen and oxygen atoms in total. The van der Waals surface area contributed by atoms with Crippen LogP contribution in [0, 0.1) is 10.1 Å². The van der Waals surface area contributed by atoms with Gasteiger partial charge in [0.15, 0.2) is 0 Å². The lowest BCUT2D eigenvalue weighted by molar-refractivity contribution is -0.384. The molecule has 1 atom stereocenters. The molecule has 1 aromatic rings. The number of anilines is 1. The van der Waals surface area contributed by atoms with E-state index in [0.717, 1.165) is 32.4 Å². The second-order valence-electron chi connectivity index (χ2n) is 4.66. The van der Waals surface area contributed by atoms with E-state index in [9.17, 15) is 10.1 Å². The summed E-state index contributed by atoms with van der Waals surface area (Å²) in [5.74, 6) is 0.625. The van der Waals surface area contributed by atoms with Gasteiger partial charge in [0.2, 0.25) is 0 Å². The minimum atomic E-state index is -0.364. The second-order valence-corrected chi connectivity index (χ2v) is 4.66. The van der Waals surface area contributed by atoms with E-state index in [1.807, 2.05) is 0 Å². The van der Waals surface area contributed by atoms with Crippen molar-refractivity contribution in [2.45, 2.75) is 25.3 Å². The Labute approximate surface area is 112 Å². The number of rotatable bonds is 4. The van der Waals surface area contributed by atoms with E-state index in [2.05, 4.69) is 10.6 Å². The molecule has 1 unspecified atom stereocenters. The molecule has 0 saturated carbocycles. The summed E-state index contributed by atoms with van der Waals surface area (Å²) < 4.78 is 5.13. The average molecular weight is 265 g/mol. The Balaban J connectivity index is 2.18. The number of hydrogen-bond donors (Lipinski definition) is 2. The lowest BCUT2D eigenvalue weighted by Crippen LogP contribution is -2.22. The first kappa shape index (κ1) is 13.6. The van der Waals surface area contributed by atoms with Crippen LogP contribution in [0.1, 0.15) is 19.3 Å². The number of nitrogens with zero attached hydrogens (tertiary/aromatic N) is 1. The van der Waals surface area contributed by atoms with Crippen LogP contribution in [0.4, 0.5) is 11.4 Å². The third-order valence-electron chi connectivity index (χ3n) is 3.34. The largest absolute Gasteiger partial charge is 0.497 e. The zero-order valence-corrected chi connectivity index (χ0v) is 11.0. The highest BCUT2D eigenvalue weighted by Gasteiger charge is 2.19. The number of nitrogens with one attached hydrogen (secondary N) is 2. The van der Waals surface area contributed by atoms with Gasteiger partial charge >= 0.3 is 0 Å². The third-order valence-corrected chi connectivity index (χ3v) is 3.34. The minimum Gasteiger partial charge on any atom is -0.497 e. The number of methoxy groups -OCH3 is 1. The molecule has 104 valence electrons. The standard InChI is InChI=1S/C13H19N3O3/c1-19-11-4-5-13(16(17)18)12(9-11)15-10-3-2-7-14-8-6-10/h4-5,9-10,14-15H,2-3,6-8H2,1H3. The Morgan fingerprint density at radius 2 is 2.26 bits per heavy atom. The van der Waals surface area contributed by atoms with E-state index in [-0.39, 0.29) is 16.7 Å². The van der Waals surface area contributed by atoms with Crippen molar-refractivity contribution in [2.75, 3.05) is 25.5 Å². The van der Waals surface area contributed by atoms with E-state index < -0.39 is 0 Å². The fourth-order valence-electron chi connectivity index (χ4n) is 2.30. The van der Waals surface area contributed by atoms with Gasteiger partial charge in [0.05, 0.1) is 12.0 Å². The van der Waals surface area contributed by atoms with Crippen molar-refractivity contribution in [1.82, 2.24) is 5.32 Å². The predicted octanol–water partition coefficient (Wildman–Crippen LogP) is 2.16. The van der Waals surface area contributed by atoms with Crippen LogP contribution in [0.2, 0.25) is 0 Å².